The van der Waals surface area contributed by atoms with Gasteiger partial charge in [-0.2, -0.15) is 0 Å². The summed E-state index contributed by atoms with van der Waals surface area (Å²) in [5.41, 5.74) is 2.59. The standard InChI is InChI=1S/C19H23N5O2/c1-20-8-6-12-2-4-13(5-3-12)24-16(10-17(25)26)23-15-11-22-19-14(18(15)24)7-9-21-19/h7-9,11-13H,2-6,10H2,1H3,(H,21,22)(H,25,26)/b20-8+/t12-,13-. The van der Waals surface area contributed by atoms with Crippen LogP contribution in [0.4, 0.5) is 0 Å². The first-order valence-corrected chi connectivity index (χ1v) is 9.12. The van der Waals surface area contributed by atoms with Crippen LogP contribution in [0.3, 0.4) is 0 Å². The molecule has 0 aliphatic heterocycles. The second kappa shape index (κ2) is 6.90. The zero-order valence-electron chi connectivity index (χ0n) is 14.9. The van der Waals surface area contributed by atoms with Crippen molar-refractivity contribution in [1.82, 2.24) is 19.5 Å². The van der Waals surface area contributed by atoms with Gasteiger partial charge in [-0.05, 0) is 50.3 Å². The number of carboxylic acids is 1. The van der Waals surface area contributed by atoms with Gasteiger partial charge >= 0.3 is 5.97 Å². The van der Waals surface area contributed by atoms with Gasteiger partial charge in [0.1, 0.15) is 23.4 Å². The van der Waals surface area contributed by atoms with Gasteiger partial charge in [0.2, 0.25) is 0 Å². The molecule has 3 aromatic heterocycles. The molecule has 136 valence electrons. The van der Waals surface area contributed by atoms with E-state index in [1.165, 1.54) is 0 Å². The van der Waals surface area contributed by atoms with Crippen molar-refractivity contribution in [2.45, 2.75) is 44.6 Å². The molecule has 0 unspecified atom stereocenters. The van der Waals surface area contributed by atoms with E-state index in [1.807, 2.05) is 25.5 Å². The van der Waals surface area contributed by atoms with Crippen LogP contribution in [0.2, 0.25) is 0 Å². The molecule has 3 aromatic rings. The summed E-state index contributed by atoms with van der Waals surface area (Å²) in [7, 11) is 1.82. The molecular weight excluding hydrogens is 330 g/mol. The Morgan fingerprint density at radius 1 is 1.42 bits per heavy atom. The molecule has 0 radical (unpaired) electrons. The Bertz CT molecular complexity index is 963. The molecule has 1 fully saturated rings. The van der Waals surface area contributed by atoms with Crippen LogP contribution in [-0.2, 0) is 11.2 Å². The van der Waals surface area contributed by atoms with Crippen molar-refractivity contribution in [1.29, 1.82) is 0 Å². The highest BCUT2D eigenvalue weighted by molar-refractivity contribution is 6.01. The lowest BCUT2D eigenvalue weighted by Crippen LogP contribution is -2.21. The monoisotopic (exact) mass is 353 g/mol. The van der Waals surface area contributed by atoms with Crippen LogP contribution in [0.25, 0.3) is 22.1 Å². The van der Waals surface area contributed by atoms with E-state index in [0.29, 0.717) is 11.7 Å². The van der Waals surface area contributed by atoms with Gasteiger partial charge in [0, 0.05) is 24.7 Å². The van der Waals surface area contributed by atoms with Crippen LogP contribution in [0.15, 0.2) is 23.5 Å². The minimum absolute atomic E-state index is 0.0665. The number of hydrogen-bond acceptors (Lipinski definition) is 4. The van der Waals surface area contributed by atoms with E-state index in [2.05, 4.69) is 24.5 Å². The second-order valence-electron chi connectivity index (χ2n) is 7.05. The zero-order valence-corrected chi connectivity index (χ0v) is 14.9. The Labute approximate surface area is 151 Å². The summed E-state index contributed by atoms with van der Waals surface area (Å²) in [5, 5.41) is 10.3. The molecule has 1 saturated carbocycles. The van der Waals surface area contributed by atoms with Crippen molar-refractivity contribution in [2.75, 3.05) is 7.05 Å². The Morgan fingerprint density at radius 2 is 2.23 bits per heavy atom. The number of fused-ring (bicyclic) bond motifs is 3. The number of aliphatic imine (C=N–C) groups is 1. The molecule has 0 atom stereocenters. The minimum atomic E-state index is -0.854. The molecule has 26 heavy (non-hydrogen) atoms. The van der Waals surface area contributed by atoms with Crippen molar-refractivity contribution in [3.05, 3.63) is 24.3 Å². The fraction of sp³-hybridized carbons (Fsp3) is 0.474. The Balaban J connectivity index is 1.74. The van der Waals surface area contributed by atoms with E-state index in [9.17, 15) is 9.90 Å². The first-order valence-electron chi connectivity index (χ1n) is 9.12. The predicted molar refractivity (Wildman–Crippen MR) is 101 cm³/mol. The quantitative estimate of drug-likeness (QED) is 0.687. The lowest BCUT2D eigenvalue weighted by molar-refractivity contribution is -0.136. The van der Waals surface area contributed by atoms with E-state index >= 15 is 0 Å². The average Bonchev–Trinajstić information content (AvgIpc) is 3.23. The maximum Gasteiger partial charge on any atom is 0.311 e. The van der Waals surface area contributed by atoms with E-state index in [4.69, 9.17) is 0 Å². The van der Waals surface area contributed by atoms with Crippen molar-refractivity contribution in [3.8, 4) is 0 Å². The molecule has 3 heterocycles. The summed E-state index contributed by atoms with van der Waals surface area (Å²) in [4.78, 5) is 27.6. The molecule has 0 spiro atoms. The summed E-state index contributed by atoms with van der Waals surface area (Å²) in [6.07, 6.45) is 10.9. The van der Waals surface area contributed by atoms with E-state index in [0.717, 1.165) is 54.2 Å². The molecule has 0 saturated heterocycles. The summed E-state index contributed by atoms with van der Waals surface area (Å²) in [5.74, 6) is 0.441. The van der Waals surface area contributed by atoms with Gasteiger partial charge in [-0.25, -0.2) is 9.97 Å². The van der Waals surface area contributed by atoms with Crippen molar-refractivity contribution in [2.24, 2.45) is 10.9 Å². The van der Waals surface area contributed by atoms with Crippen LogP contribution in [0.5, 0.6) is 0 Å². The molecule has 0 bridgehead atoms. The SMILES string of the molecule is C/N=C/C[C@H]1CC[C@H](n2c(CC(=O)O)nc3cnc4[nH]ccc4c32)CC1. The highest BCUT2D eigenvalue weighted by atomic mass is 16.4. The lowest BCUT2D eigenvalue weighted by atomic mass is 9.84. The Hall–Kier alpha value is -2.70. The van der Waals surface area contributed by atoms with Gasteiger partial charge in [-0.15, -0.1) is 0 Å². The molecule has 0 aromatic carbocycles. The molecular formula is C19H23N5O2. The second-order valence-corrected chi connectivity index (χ2v) is 7.05. The van der Waals surface area contributed by atoms with E-state index in [-0.39, 0.29) is 12.5 Å². The summed E-state index contributed by atoms with van der Waals surface area (Å²) in [6, 6.07) is 2.28. The largest absolute Gasteiger partial charge is 0.481 e. The third-order valence-electron chi connectivity index (χ3n) is 5.42. The normalized spacial score (nSPS) is 21.1. The van der Waals surface area contributed by atoms with Crippen molar-refractivity contribution >= 4 is 34.3 Å². The molecule has 2 N–H and O–H groups in total. The number of rotatable bonds is 5. The van der Waals surface area contributed by atoms with Gasteiger partial charge in [0.15, 0.2) is 0 Å². The van der Waals surface area contributed by atoms with Gasteiger partial charge < -0.3 is 19.7 Å². The number of pyridine rings is 1. The molecule has 0 amide bonds. The Kier molecular flexibility index (Phi) is 4.44. The first-order chi connectivity index (χ1) is 12.7. The third kappa shape index (κ3) is 2.98. The molecule has 7 heteroatoms. The van der Waals surface area contributed by atoms with E-state index < -0.39 is 5.97 Å². The van der Waals surface area contributed by atoms with Crippen LogP contribution in [0.1, 0.15) is 44.0 Å². The highest BCUT2D eigenvalue weighted by Crippen LogP contribution is 2.37. The van der Waals surface area contributed by atoms with Crippen molar-refractivity contribution in [3.63, 3.8) is 0 Å². The van der Waals surface area contributed by atoms with Gasteiger partial charge in [0.05, 0.1) is 11.7 Å². The van der Waals surface area contributed by atoms with Crippen molar-refractivity contribution < 1.29 is 9.90 Å². The molecule has 4 rings (SSSR count). The number of aliphatic carboxylic acids is 1. The Morgan fingerprint density at radius 3 is 2.96 bits per heavy atom. The number of aromatic nitrogens is 4. The number of H-pyrrole nitrogens is 1. The van der Waals surface area contributed by atoms with Crippen LogP contribution >= 0.6 is 0 Å². The number of hydrogen-bond donors (Lipinski definition) is 2. The summed E-state index contributed by atoms with van der Waals surface area (Å²) in [6.45, 7) is 0. The van der Waals surface area contributed by atoms with Crippen LogP contribution in [0, 0.1) is 5.92 Å². The van der Waals surface area contributed by atoms with Crippen LogP contribution in [-0.4, -0.2) is 43.9 Å². The maximum atomic E-state index is 11.4. The molecule has 1 aliphatic carbocycles. The number of carbonyl (C=O) groups is 1. The fourth-order valence-corrected chi connectivity index (χ4v) is 4.19. The third-order valence-corrected chi connectivity index (χ3v) is 5.42. The average molecular weight is 353 g/mol. The predicted octanol–water partition coefficient (Wildman–Crippen LogP) is 3.36. The lowest BCUT2D eigenvalue weighted by Gasteiger charge is -2.30. The minimum Gasteiger partial charge on any atom is -0.481 e. The van der Waals surface area contributed by atoms with Gasteiger partial charge in [-0.1, -0.05) is 0 Å². The fourth-order valence-electron chi connectivity index (χ4n) is 4.19. The zero-order chi connectivity index (χ0) is 18.1. The topological polar surface area (TPSA) is 96.2 Å². The van der Waals surface area contributed by atoms with Gasteiger partial charge in [-0.3, -0.25) is 4.79 Å². The number of nitrogens with one attached hydrogen (secondary N) is 1. The van der Waals surface area contributed by atoms with Crippen LogP contribution < -0.4 is 0 Å². The number of nitrogens with zero attached hydrogens (tertiary/aromatic N) is 4. The molecule has 7 nitrogen and oxygen atoms in total. The highest BCUT2D eigenvalue weighted by Gasteiger charge is 2.27. The number of carboxylic acid groups (broad SMARTS) is 1. The summed E-state index contributed by atoms with van der Waals surface area (Å²) >= 11 is 0. The molecule has 1 aliphatic rings. The van der Waals surface area contributed by atoms with E-state index in [1.54, 1.807) is 6.20 Å². The summed E-state index contributed by atoms with van der Waals surface area (Å²) < 4.78 is 2.17. The first kappa shape index (κ1) is 16.8. The smallest absolute Gasteiger partial charge is 0.311 e. The number of imidazole rings is 1. The number of aromatic amines is 1. The maximum absolute atomic E-state index is 11.4. The van der Waals surface area contributed by atoms with Gasteiger partial charge in [0.25, 0.3) is 0 Å².